The second-order valence-electron chi connectivity index (χ2n) is 7.46. The first-order valence-corrected chi connectivity index (χ1v) is 9.70. The topological polar surface area (TPSA) is 15.3 Å². The van der Waals surface area contributed by atoms with Crippen molar-refractivity contribution in [2.45, 2.75) is 45.2 Å². The summed E-state index contributed by atoms with van der Waals surface area (Å²) in [6.07, 6.45) is 9.57. The molecule has 3 heteroatoms. The molecule has 0 spiro atoms. The van der Waals surface area contributed by atoms with Crippen LogP contribution in [0, 0.1) is 5.92 Å². The van der Waals surface area contributed by atoms with E-state index in [0.29, 0.717) is 0 Å². The molecular formula is C23H29ClN2. The minimum atomic E-state index is 0. The second kappa shape index (κ2) is 8.64. The zero-order chi connectivity index (χ0) is 17.1. The van der Waals surface area contributed by atoms with Crippen LogP contribution in [0.5, 0.6) is 0 Å². The standard InChI is InChI=1S/C23H28N2.ClH/c1-18-24-22(20-12-6-3-7-13-20)16-21-14-8-9-15-23(21)25(18)17-19-10-4-2-5-11-19;/h3,6-9,12-16,18-19,24H,2,4-5,10-11,17H2,1H3;1H. The van der Waals surface area contributed by atoms with Gasteiger partial charge in [-0.05, 0) is 49.0 Å². The Bertz CT molecular complexity index is 735. The van der Waals surface area contributed by atoms with Gasteiger partial charge < -0.3 is 10.2 Å². The zero-order valence-corrected chi connectivity index (χ0v) is 16.3. The lowest BCUT2D eigenvalue weighted by molar-refractivity contribution is 0.348. The van der Waals surface area contributed by atoms with Gasteiger partial charge in [0.25, 0.3) is 0 Å². The molecule has 1 atom stereocenters. The van der Waals surface area contributed by atoms with Crippen LogP contribution in [0.4, 0.5) is 5.69 Å². The molecule has 1 N–H and O–H groups in total. The van der Waals surface area contributed by atoms with E-state index in [1.165, 1.54) is 54.6 Å². The molecule has 0 saturated heterocycles. The van der Waals surface area contributed by atoms with Crippen LogP contribution in [0.2, 0.25) is 0 Å². The minimum Gasteiger partial charge on any atom is -0.365 e. The zero-order valence-electron chi connectivity index (χ0n) is 15.5. The van der Waals surface area contributed by atoms with Gasteiger partial charge in [-0.15, -0.1) is 12.4 Å². The molecule has 1 heterocycles. The number of nitrogens with zero attached hydrogens (tertiary/aromatic N) is 1. The predicted molar refractivity (Wildman–Crippen MR) is 115 cm³/mol. The van der Waals surface area contributed by atoms with Crippen LogP contribution in [0.3, 0.4) is 0 Å². The molecule has 1 saturated carbocycles. The third-order valence-corrected chi connectivity index (χ3v) is 5.64. The number of para-hydroxylation sites is 1. The predicted octanol–water partition coefficient (Wildman–Crippen LogP) is 5.94. The van der Waals surface area contributed by atoms with Crippen molar-refractivity contribution in [1.29, 1.82) is 0 Å². The van der Waals surface area contributed by atoms with Crippen LogP contribution in [0.1, 0.15) is 50.2 Å². The number of fused-ring (bicyclic) bond motifs is 1. The Hall–Kier alpha value is -1.93. The summed E-state index contributed by atoms with van der Waals surface area (Å²) in [6.45, 7) is 3.45. The Morgan fingerprint density at radius 1 is 0.923 bits per heavy atom. The van der Waals surface area contributed by atoms with Crippen LogP contribution >= 0.6 is 12.4 Å². The largest absolute Gasteiger partial charge is 0.365 e. The number of hydrogen-bond acceptors (Lipinski definition) is 2. The van der Waals surface area contributed by atoms with Crippen LogP contribution in [0.25, 0.3) is 11.8 Å². The molecule has 26 heavy (non-hydrogen) atoms. The maximum atomic E-state index is 3.77. The highest BCUT2D eigenvalue weighted by Gasteiger charge is 2.25. The van der Waals surface area contributed by atoms with E-state index in [4.69, 9.17) is 0 Å². The number of nitrogens with one attached hydrogen (secondary N) is 1. The van der Waals surface area contributed by atoms with Crippen molar-refractivity contribution >= 4 is 29.9 Å². The van der Waals surface area contributed by atoms with E-state index in [2.05, 4.69) is 77.8 Å². The summed E-state index contributed by atoms with van der Waals surface area (Å²) in [7, 11) is 0. The van der Waals surface area contributed by atoms with Gasteiger partial charge in [0.2, 0.25) is 0 Å². The van der Waals surface area contributed by atoms with E-state index in [0.717, 1.165) is 12.5 Å². The van der Waals surface area contributed by atoms with Crippen LogP contribution in [-0.4, -0.2) is 12.7 Å². The van der Waals surface area contributed by atoms with Gasteiger partial charge in [0.1, 0.15) is 0 Å². The van der Waals surface area contributed by atoms with E-state index in [-0.39, 0.29) is 18.6 Å². The SMILES string of the molecule is CC1NC(c2ccccc2)=Cc2ccccc2N1CC1CCCCC1.Cl. The third kappa shape index (κ3) is 4.07. The first-order valence-electron chi connectivity index (χ1n) is 9.70. The summed E-state index contributed by atoms with van der Waals surface area (Å²) < 4.78 is 0. The van der Waals surface area contributed by atoms with Crippen LogP contribution in [-0.2, 0) is 0 Å². The highest BCUT2D eigenvalue weighted by Crippen LogP contribution is 2.33. The molecule has 1 aliphatic carbocycles. The maximum absolute atomic E-state index is 3.77. The summed E-state index contributed by atoms with van der Waals surface area (Å²) in [5.41, 5.74) is 5.14. The fourth-order valence-corrected chi connectivity index (χ4v) is 4.27. The van der Waals surface area contributed by atoms with Gasteiger partial charge in [-0.3, -0.25) is 0 Å². The second-order valence-corrected chi connectivity index (χ2v) is 7.46. The van der Waals surface area contributed by atoms with Gasteiger partial charge in [0, 0.05) is 17.9 Å². The number of anilines is 1. The van der Waals surface area contributed by atoms with E-state index in [1.54, 1.807) is 0 Å². The van der Waals surface area contributed by atoms with Gasteiger partial charge in [-0.1, -0.05) is 67.8 Å². The van der Waals surface area contributed by atoms with Crippen LogP contribution < -0.4 is 10.2 Å². The lowest BCUT2D eigenvalue weighted by Gasteiger charge is -2.36. The fourth-order valence-electron chi connectivity index (χ4n) is 4.27. The highest BCUT2D eigenvalue weighted by molar-refractivity contribution is 5.86. The van der Waals surface area contributed by atoms with Crippen molar-refractivity contribution < 1.29 is 0 Å². The molecule has 0 bridgehead atoms. The minimum absolute atomic E-state index is 0. The third-order valence-electron chi connectivity index (χ3n) is 5.64. The summed E-state index contributed by atoms with van der Waals surface area (Å²) in [6, 6.07) is 19.5. The molecule has 2 aliphatic rings. The molecule has 0 amide bonds. The molecule has 0 radical (unpaired) electrons. The number of benzene rings is 2. The van der Waals surface area contributed by atoms with Gasteiger partial charge in [0.15, 0.2) is 0 Å². The van der Waals surface area contributed by atoms with E-state index >= 15 is 0 Å². The monoisotopic (exact) mass is 368 g/mol. The lowest BCUT2D eigenvalue weighted by Crippen LogP contribution is -2.45. The quantitative estimate of drug-likeness (QED) is 0.720. The molecule has 138 valence electrons. The first-order chi connectivity index (χ1) is 12.3. The first kappa shape index (κ1) is 18.8. The number of rotatable bonds is 3. The van der Waals surface area contributed by atoms with Crippen molar-refractivity contribution in [2.75, 3.05) is 11.4 Å². The van der Waals surface area contributed by atoms with Gasteiger partial charge >= 0.3 is 0 Å². The number of hydrogen-bond donors (Lipinski definition) is 1. The number of halogens is 1. The Morgan fingerprint density at radius 2 is 1.62 bits per heavy atom. The van der Waals surface area contributed by atoms with Crippen molar-refractivity contribution in [2.24, 2.45) is 5.92 Å². The molecule has 4 rings (SSSR count). The summed E-state index contributed by atoms with van der Waals surface area (Å²) in [4.78, 5) is 2.58. The Kier molecular flexibility index (Phi) is 6.26. The summed E-state index contributed by atoms with van der Waals surface area (Å²) in [5.74, 6) is 0.823. The molecule has 0 aromatic heterocycles. The maximum Gasteiger partial charge on any atom is 0.0961 e. The highest BCUT2D eigenvalue weighted by atomic mass is 35.5. The molecule has 1 fully saturated rings. The van der Waals surface area contributed by atoms with Crippen molar-refractivity contribution in [3.63, 3.8) is 0 Å². The van der Waals surface area contributed by atoms with Crippen molar-refractivity contribution in [3.8, 4) is 0 Å². The van der Waals surface area contributed by atoms with Gasteiger partial charge in [-0.2, -0.15) is 0 Å². The van der Waals surface area contributed by atoms with Crippen molar-refractivity contribution in [1.82, 2.24) is 5.32 Å². The van der Waals surface area contributed by atoms with Crippen LogP contribution in [0.15, 0.2) is 54.6 Å². The summed E-state index contributed by atoms with van der Waals surface area (Å²) >= 11 is 0. The Balaban J connectivity index is 0.00000196. The van der Waals surface area contributed by atoms with Gasteiger partial charge in [0.05, 0.1) is 6.17 Å². The van der Waals surface area contributed by atoms with Gasteiger partial charge in [-0.25, -0.2) is 0 Å². The van der Waals surface area contributed by atoms with E-state index in [1.807, 2.05) is 0 Å². The lowest BCUT2D eigenvalue weighted by atomic mass is 9.88. The molecule has 1 unspecified atom stereocenters. The van der Waals surface area contributed by atoms with E-state index < -0.39 is 0 Å². The summed E-state index contributed by atoms with van der Waals surface area (Å²) in [5, 5.41) is 3.77. The fraction of sp³-hybridized carbons (Fsp3) is 0.391. The molecule has 1 aliphatic heterocycles. The normalized spacial score (nSPS) is 20.3. The molecule has 2 nitrogen and oxygen atoms in total. The molecule has 2 aromatic carbocycles. The van der Waals surface area contributed by atoms with E-state index in [9.17, 15) is 0 Å². The average molecular weight is 369 g/mol. The van der Waals surface area contributed by atoms with Crippen molar-refractivity contribution in [3.05, 3.63) is 65.7 Å². The smallest absolute Gasteiger partial charge is 0.0961 e. The Labute approximate surface area is 163 Å². The molecule has 2 aromatic rings. The Morgan fingerprint density at radius 3 is 2.38 bits per heavy atom. The molecular weight excluding hydrogens is 340 g/mol. The average Bonchev–Trinajstić information content (AvgIpc) is 2.80.